The van der Waals surface area contributed by atoms with E-state index in [1.54, 1.807) is 12.3 Å². The van der Waals surface area contributed by atoms with Crippen LogP contribution in [-0.2, 0) is 0 Å². The van der Waals surface area contributed by atoms with Gasteiger partial charge in [0.05, 0.1) is 6.04 Å². The van der Waals surface area contributed by atoms with Gasteiger partial charge in [0.25, 0.3) is 0 Å². The minimum atomic E-state index is -0.124. The van der Waals surface area contributed by atoms with E-state index in [4.69, 9.17) is 0 Å². The number of hydrogen-bond acceptors (Lipinski definition) is 5. The van der Waals surface area contributed by atoms with E-state index in [2.05, 4.69) is 32.6 Å². The van der Waals surface area contributed by atoms with Crippen molar-refractivity contribution < 1.29 is 0 Å². The zero-order chi connectivity index (χ0) is 14.7. The van der Waals surface area contributed by atoms with Gasteiger partial charge in [-0.3, -0.25) is 4.79 Å². The van der Waals surface area contributed by atoms with Crippen LogP contribution in [0.5, 0.6) is 0 Å². The zero-order valence-corrected chi connectivity index (χ0v) is 12.2. The van der Waals surface area contributed by atoms with E-state index < -0.39 is 0 Å². The summed E-state index contributed by atoms with van der Waals surface area (Å²) in [6.45, 7) is 0. The van der Waals surface area contributed by atoms with E-state index in [0.717, 1.165) is 21.1 Å². The number of nitrogens with one attached hydrogen (secondary N) is 2. The van der Waals surface area contributed by atoms with Gasteiger partial charge < -0.3 is 10.3 Å². The summed E-state index contributed by atoms with van der Waals surface area (Å²) < 4.78 is 0. The lowest BCUT2D eigenvalue weighted by atomic mass is 10.1. The van der Waals surface area contributed by atoms with Crippen LogP contribution in [0.4, 0.5) is 0 Å². The molecule has 0 aliphatic carbocycles. The Kier molecular flexibility index (Phi) is 3.89. The average Bonchev–Trinajstić information content (AvgIpc) is 2.99. The molecular weight excluding hydrogens is 284 g/mol. The molecule has 3 rings (SSSR count). The summed E-state index contributed by atoms with van der Waals surface area (Å²) in [6.07, 6.45) is 1.66. The predicted molar refractivity (Wildman–Crippen MR) is 83.3 cm³/mol. The Morgan fingerprint density at radius 1 is 1.14 bits per heavy atom. The first kappa shape index (κ1) is 13.7. The molecule has 0 saturated heterocycles. The first-order chi connectivity index (χ1) is 10.3. The van der Waals surface area contributed by atoms with Crippen LogP contribution in [-0.4, -0.2) is 22.2 Å². The molecule has 0 spiro atoms. The second-order valence-corrected chi connectivity index (χ2v) is 5.53. The maximum absolute atomic E-state index is 11.1. The van der Waals surface area contributed by atoms with Crippen molar-refractivity contribution in [3.63, 3.8) is 0 Å². The van der Waals surface area contributed by atoms with Crippen molar-refractivity contribution in [3.8, 4) is 10.6 Å². The topological polar surface area (TPSA) is 70.7 Å². The summed E-state index contributed by atoms with van der Waals surface area (Å²) >= 11 is 1.51. The lowest BCUT2D eigenvalue weighted by molar-refractivity contribution is 0.678. The summed E-state index contributed by atoms with van der Waals surface area (Å²) in [5, 5.41) is 13.4. The Morgan fingerprint density at radius 2 is 1.95 bits per heavy atom. The number of rotatable bonds is 4. The fourth-order valence-corrected chi connectivity index (χ4v) is 3.07. The van der Waals surface area contributed by atoms with Crippen molar-refractivity contribution in [3.05, 3.63) is 69.6 Å². The van der Waals surface area contributed by atoms with Gasteiger partial charge in [0.15, 0.2) is 0 Å². The minimum Gasteiger partial charge on any atom is -0.328 e. The first-order valence-corrected chi connectivity index (χ1v) is 7.34. The molecule has 106 valence electrons. The molecule has 0 aliphatic rings. The average molecular weight is 298 g/mol. The lowest BCUT2D eigenvalue weighted by Gasteiger charge is -2.12. The Labute approximate surface area is 125 Å². The highest BCUT2D eigenvalue weighted by atomic mass is 32.1. The molecule has 0 aliphatic heterocycles. The normalized spacial score (nSPS) is 12.2. The number of aromatic amines is 1. The highest BCUT2D eigenvalue weighted by Gasteiger charge is 2.17. The summed E-state index contributed by atoms with van der Waals surface area (Å²) in [4.78, 5) is 13.7. The van der Waals surface area contributed by atoms with E-state index in [0.29, 0.717) is 0 Å². The number of H-pyrrole nitrogens is 1. The molecule has 0 bridgehead atoms. The Balaban J connectivity index is 1.93. The number of hydrogen-bond donors (Lipinski definition) is 2. The van der Waals surface area contributed by atoms with Crippen LogP contribution in [0.3, 0.4) is 0 Å². The SMILES string of the molecule is CNC(c1ccccc1)c1nnc(-c2ccc(=O)[nH]c2)s1. The summed E-state index contributed by atoms with van der Waals surface area (Å²) in [7, 11) is 1.90. The van der Waals surface area contributed by atoms with Crippen LogP contribution in [0, 0.1) is 0 Å². The van der Waals surface area contributed by atoms with Crippen LogP contribution in [0.25, 0.3) is 10.6 Å². The molecule has 2 heterocycles. The van der Waals surface area contributed by atoms with Crippen molar-refractivity contribution in [2.45, 2.75) is 6.04 Å². The molecule has 0 radical (unpaired) electrons. The third-order valence-electron chi connectivity index (χ3n) is 3.14. The predicted octanol–water partition coefficient (Wildman–Crippen LogP) is 2.20. The third-order valence-corrected chi connectivity index (χ3v) is 4.18. The molecule has 0 amide bonds. The highest BCUT2D eigenvalue weighted by molar-refractivity contribution is 7.14. The molecular formula is C15H14N4OS. The van der Waals surface area contributed by atoms with Crippen LogP contribution in [0.1, 0.15) is 16.6 Å². The Hall–Kier alpha value is -2.31. The first-order valence-electron chi connectivity index (χ1n) is 6.52. The van der Waals surface area contributed by atoms with Gasteiger partial charge in [-0.25, -0.2) is 0 Å². The Bertz CT molecular complexity index is 761. The van der Waals surface area contributed by atoms with E-state index in [1.165, 1.54) is 17.4 Å². The van der Waals surface area contributed by atoms with Crippen molar-refractivity contribution in [1.82, 2.24) is 20.5 Å². The molecule has 5 nitrogen and oxygen atoms in total. The Morgan fingerprint density at radius 3 is 2.62 bits per heavy atom. The zero-order valence-electron chi connectivity index (χ0n) is 11.4. The quantitative estimate of drug-likeness (QED) is 0.774. The molecule has 21 heavy (non-hydrogen) atoms. The van der Waals surface area contributed by atoms with Crippen molar-refractivity contribution in [1.29, 1.82) is 0 Å². The number of benzene rings is 1. The van der Waals surface area contributed by atoms with Crippen LogP contribution in [0.2, 0.25) is 0 Å². The van der Waals surface area contributed by atoms with E-state index in [1.807, 2.05) is 25.2 Å². The number of aromatic nitrogens is 3. The van der Waals surface area contributed by atoms with Gasteiger partial charge in [-0.15, -0.1) is 10.2 Å². The lowest BCUT2D eigenvalue weighted by Crippen LogP contribution is -2.17. The third kappa shape index (κ3) is 2.91. The van der Waals surface area contributed by atoms with Gasteiger partial charge in [-0.05, 0) is 18.7 Å². The smallest absolute Gasteiger partial charge is 0.247 e. The van der Waals surface area contributed by atoms with Gasteiger partial charge in [0.1, 0.15) is 10.0 Å². The maximum atomic E-state index is 11.1. The fourth-order valence-electron chi connectivity index (χ4n) is 2.09. The highest BCUT2D eigenvalue weighted by Crippen LogP contribution is 2.29. The standard InChI is InChI=1S/C15H14N4OS/c1-16-13(10-5-3-2-4-6-10)15-19-18-14(21-15)11-7-8-12(20)17-9-11/h2-9,13,16H,1H3,(H,17,20). The van der Waals surface area contributed by atoms with Gasteiger partial charge >= 0.3 is 0 Å². The summed E-state index contributed by atoms with van der Waals surface area (Å²) in [6, 6.07) is 13.4. The van der Waals surface area contributed by atoms with Crippen molar-refractivity contribution >= 4 is 11.3 Å². The van der Waals surface area contributed by atoms with Crippen molar-refractivity contribution in [2.24, 2.45) is 0 Å². The maximum Gasteiger partial charge on any atom is 0.247 e. The van der Waals surface area contributed by atoms with Crippen molar-refractivity contribution in [2.75, 3.05) is 7.05 Å². The monoisotopic (exact) mass is 298 g/mol. The van der Waals surface area contributed by atoms with Crippen LogP contribution >= 0.6 is 11.3 Å². The molecule has 1 unspecified atom stereocenters. The summed E-state index contributed by atoms with van der Waals surface area (Å²) in [5.41, 5.74) is 1.88. The molecule has 1 aromatic carbocycles. The summed E-state index contributed by atoms with van der Waals surface area (Å²) in [5.74, 6) is 0. The molecule has 1 atom stereocenters. The number of pyridine rings is 1. The van der Waals surface area contributed by atoms with E-state index in [-0.39, 0.29) is 11.6 Å². The molecule has 0 fully saturated rings. The molecule has 3 aromatic rings. The van der Waals surface area contributed by atoms with Crippen LogP contribution < -0.4 is 10.9 Å². The van der Waals surface area contributed by atoms with Gasteiger partial charge in [0, 0.05) is 17.8 Å². The molecule has 0 saturated carbocycles. The number of nitrogens with zero attached hydrogens (tertiary/aromatic N) is 2. The van der Waals surface area contributed by atoms with Crippen LogP contribution in [0.15, 0.2) is 53.5 Å². The molecule has 6 heteroatoms. The minimum absolute atomic E-state index is 0.0141. The van der Waals surface area contributed by atoms with Gasteiger partial charge in [-0.2, -0.15) is 0 Å². The van der Waals surface area contributed by atoms with Gasteiger partial charge in [0.2, 0.25) is 5.56 Å². The fraction of sp³-hybridized carbons (Fsp3) is 0.133. The second-order valence-electron chi connectivity index (χ2n) is 4.52. The van der Waals surface area contributed by atoms with Gasteiger partial charge in [-0.1, -0.05) is 41.7 Å². The second kappa shape index (κ2) is 5.99. The van der Waals surface area contributed by atoms with E-state index in [9.17, 15) is 4.79 Å². The largest absolute Gasteiger partial charge is 0.328 e. The van der Waals surface area contributed by atoms with E-state index >= 15 is 0 Å². The molecule has 2 aromatic heterocycles. The molecule has 2 N–H and O–H groups in total.